The molecule has 0 N–H and O–H groups in total. The van der Waals surface area contributed by atoms with Gasteiger partial charge in [0.1, 0.15) is 0 Å². The molecule has 1 amide bonds. The first kappa shape index (κ1) is 24.3. The molecule has 2 aliphatic heterocycles. The smallest absolute Gasteiger partial charge is 0.296 e. The minimum absolute atomic E-state index is 0.0185. The molecular weight excluding hydrogens is 470 g/mol. The lowest BCUT2D eigenvalue weighted by molar-refractivity contribution is -0.131. The van der Waals surface area contributed by atoms with Crippen LogP contribution in [0.15, 0.2) is 24.3 Å². The van der Waals surface area contributed by atoms with Crippen LogP contribution in [0.3, 0.4) is 0 Å². The number of rotatable bonds is 5. The molecule has 0 spiro atoms. The van der Waals surface area contributed by atoms with E-state index in [2.05, 4.69) is 15.0 Å². The number of amides is 1. The molecule has 36 heavy (non-hydrogen) atoms. The average molecular weight is 501 g/mol. The largest absolute Gasteiger partial charge is 0.375 e. The van der Waals surface area contributed by atoms with Crippen LogP contribution in [0.4, 0.5) is 20.7 Å². The molecule has 2 aliphatic rings. The van der Waals surface area contributed by atoms with E-state index in [4.69, 9.17) is 9.72 Å². The van der Waals surface area contributed by atoms with E-state index in [0.717, 1.165) is 0 Å². The van der Waals surface area contributed by atoms with Gasteiger partial charge in [0.2, 0.25) is 23.8 Å². The van der Waals surface area contributed by atoms with Crippen molar-refractivity contribution >= 4 is 28.8 Å². The Kier molecular flexibility index (Phi) is 6.69. The molecule has 10 nitrogen and oxygen atoms in total. The number of carbonyl (C=O) groups excluding carboxylic acids is 1. The quantitative estimate of drug-likeness (QED) is 0.528. The van der Waals surface area contributed by atoms with Gasteiger partial charge in [0.25, 0.3) is 6.43 Å². The summed E-state index contributed by atoms with van der Waals surface area (Å²) in [5, 5.41) is 0. The molecule has 5 rings (SSSR count). The molecule has 0 bridgehead atoms. The van der Waals surface area contributed by atoms with Crippen LogP contribution in [-0.2, 0) is 9.53 Å². The third kappa shape index (κ3) is 4.45. The van der Waals surface area contributed by atoms with Gasteiger partial charge in [-0.25, -0.2) is 13.8 Å². The molecule has 0 radical (unpaired) electrons. The second-order valence-corrected chi connectivity index (χ2v) is 9.06. The minimum atomic E-state index is -2.81. The van der Waals surface area contributed by atoms with Crippen LogP contribution >= 0.6 is 0 Å². The van der Waals surface area contributed by atoms with Crippen molar-refractivity contribution in [3.63, 3.8) is 0 Å². The van der Waals surface area contributed by atoms with Crippen LogP contribution in [-0.4, -0.2) is 86.8 Å². The van der Waals surface area contributed by atoms with Crippen molar-refractivity contribution in [2.75, 3.05) is 49.1 Å². The third-order valence-corrected chi connectivity index (χ3v) is 6.94. The van der Waals surface area contributed by atoms with Crippen molar-refractivity contribution in [3.8, 4) is 5.95 Å². The second kappa shape index (κ2) is 9.92. The first-order chi connectivity index (χ1) is 17.4. The van der Waals surface area contributed by atoms with E-state index >= 15 is 0 Å². The SMILES string of the molecule is CCC(=O)N1CCN(c2nc(N3CCOC(C)C3C)nc(-n3c(C(F)F)nc4ccccc43)n2)CC1. The van der Waals surface area contributed by atoms with Crippen LogP contribution in [0.2, 0.25) is 0 Å². The molecule has 2 unspecified atom stereocenters. The number of carbonyl (C=O) groups is 1. The van der Waals surface area contributed by atoms with Crippen molar-refractivity contribution in [2.24, 2.45) is 0 Å². The van der Waals surface area contributed by atoms with E-state index in [9.17, 15) is 13.6 Å². The van der Waals surface area contributed by atoms with Gasteiger partial charge in [-0.05, 0) is 26.0 Å². The van der Waals surface area contributed by atoms with Crippen molar-refractivity contribution in [3.05, 3.63) is 30.1 Å². The number of piperazine rings is 1. The first-order valence-electron chi connectivity index (χ1n) is 12.3. The Labute approximate surface area is 207 Å². The van der Waals surface area contributed by atoms with E-state index in [1.807, 2.05) is 35.5 Å². The van der Waals surface area contributed by atoms with E-state index in [-0.39, 0.29) is 24.0 Å². The standard InChI is InChI=1S/C24H30F2N8O2/c1-4-19(35)31-9-11-32(12-10-31)22-28-23(33-13-14-36-16(3)15(33)2)30-24(29-22)34-18-8-6-5-7-17(18)27-21(34)20(25)26/h5-8,15-16,20H,4,9-14H2,1-3H3. The molecule has 0 saturated carbocycles. The Bertz CT molecular complexity index is 1240. The van der Waals surface area contributed by atoms with E-state index in [1.165, 1.54) is 4.57 Å². The molecule has 0 aliphatic carbocycles. The summed E-state index contributed by atoms with van der Waals surface area (Å²) in [4.78, 5) is 36.2. The number of imidazole rings is 1. The normalized spacial score (nSPS) is 21.0. The van der Waals surface area contributed by atoms with E-state index in [0.29, 0.717) is 68.7 Å². The maximum atomic E-state index is 14.1. The molecule has 2 aromatic heterocycles. The first-order valence-corrected chi connectivity index (χ1v) is 12.3. The zero-order chi connectivity index (χ0) is 25.4. The van der Waals surface area contributed by atoms with Crippen LogP contribution < -0.4 is 9.80 Å². The number of hydrogen-bond acceptors (Lipinski definition) is 8. The van der Waals surface area contributed by atoms with Gasteiger partial charge in [0, 0.05) is 39.1 Å². The zero-order valence-electron chi connectivity index (χ0n) is 20.6. The summed E-state index contributed by atoms with van der Waals surface area (Å²) in [5.41, 5.74) is 0.939. The summed E-state index contributed by atoms with van der Waals surface area (Å²) in [6, 6.07) is 6.93. The minimum Gasteiger partial charge on any atom is -0.375 e. The number of halogens is 2. The lowest BCUT2D eigenvalue weighted by Gasteiger charge is -2.38. The predicted octanol–water partition coefficient (Wildman–Crippen LogP) is 2.82. The number of benzene rings is 1. The molecule has 2 saturated heterocycles. The average Bonchev–Trinajstić information content (AvgIpc) is 3.30. The lowest BCUT2D eigenvalue weighted by Crippen LogP contribution is -2.50. The van der Waals surface area contributed by atoms with E-state index in [1.54, 1.807) is 24.3 Å². The van der Waals surface area contributed by atoms with Gasteiger partial charge in [-0.15, -0.1) is 0 Å². The predicted molar refractivity (Wildman–Crippen MR) is 131 cm³/mol. The summed E-state index contributed by atoms with van der Waals surface area (Å²) in [6.07, 6.45) is -2.40. The molecular formula is C24H30F2N8O2. The number of hydrogen-bond donors (Lipinski definition) is 0. The zero-order valence-corrected chi connectivity index (χ0v) is 20.6. The van der Waals surface area contributed by atoms with Gasteiger partial charge in [-0.2, -0.15) is 15.0 Å². The number of fused-ring (bicyclic) bond motifs is 1. The Balaban J connectivity index is 1.60. The van der Waals surface area contributed by atoms with E-state index < -0.39 is 12.2 Å². The molecule has 3 aromatic rings. The number of para-hydroxylation sites is 2. The molecule has 2 atom stereocenters. The summed E-state index contributed by atoms with van der Waals surface area (Å²) < 4.78 is 35.3. The van der Waals surface area contributed by atoms with Gasteiger partial charge in [-0.1, -0.05) is 19.1 Å². The number of ether oxygens (including phenoxy) is 1. The fraction of sp³-hybridized carbons (Fsp3) is 0.542. The van der Waals surface area contributed by atoms with Crippen LogP contribution in [0.1, 0.15) is 39.4 Å². The van der Waals surface area contributed by atoms with Crippen molar-refractivity contribution in [2.45, 2.75) is 45.8 Å². The van der Waals surface area contributed by atoms with Gasteiger partial charge in [0.05, 0.1) is 29.8 Å². The monoisotopic (exact) mass is 500 g/mol. The fourth-order valence-electron chi connectivity index (χ4n) is 4.71. The maximum absolute atomic E-state index is 14.1. The number of aromatic nitrogens is 5. The molecule has 12 heteroatoms. The highest BCUT2D eigenvalue weighted by molar-refractivity contribution is 5.78. The highest BCUT2D eigenvalue weighted by atomic mass is 19.3. The van der Waals surface area contributed by atoms with Gasteiger partial charge in [-0.3, -0.25) is 9.36 Å². The molecule has 192 valence electrons. The number of morpholine rings is 1. The molecule has 1 aromatic carbocycles. The highest BCUT2D eigenvalue weighted by Crippen LogP contribution is 2.29. The van der Waals surface area contributed by atoms with Crippen LogP contribution in [0.25, 0.3) is 17.0 Å². The molecule has 2 fully saturated rings. The summed E-state index contributed by atoms with van der Waals surface area (Å²) >= 11 is 0. The third-order valence-electron chi connectivity index (χ3n) is 6.94. The Morgan fingerprint density at radius 1 is 1.00 bits per heavy atom. The topological polar surface area (TPSA) is 92.5 Å². The summed E-state index contributed by atoms with van der Waals surface area (Å²) in [5.74, 6) is 0.582. The lowest BCUT2D eigenvalue weighted by atomic mass is 10.1. The van der Waals surface area contributed by atoms with Crippen molar-refractivity contribution in [1.29, 1.82) is 0 Å². The number of alkyl halides is 2. The Morgan fingerprint density at radius 3 is 2.42 bits per heavy atom. The summed E-state index contributed by atoms with van der Waals surface area (Å²) in [7, 11) is 0. The number of anilines is 2. The molecule has 4 heterocycles. The van der Waals surface area contributed by atoms with Crippen molar-refractivity contribution in [1.82, 2.24) is 29.4 Å². The van der Waals surface area contributed by atoms with Gasteiger partial charge >= 0.3 is 0 Å². The Morgan fingerprint density at radius 2 is 1.69 bits per heavy atom. The Hall–Kier alpha value is -3.41. The van der Waals surface area contributed by atoms with Crippen LogP contribution in [0, 0.1) is 0 Å². The fourth-order valence-corrected chi connectivity index (χ4v) is 4.71. The van der Waals surface area contributed by atoms with Crippen LogP contribution in [0.5, 0.6) is 0 Å². The van der Waals surface area contributed by atoms with Crippen molar-refractivity contribution < 1.29 is 18.3 Å². The van der Waals surface area contributed by atoms with Gasteiger partial charge < -0.3 is 19.4 Å². The summed E-state index contributed by atoms with van der Waals surface area (Å²) in [6.45, 7) is 9.11. The highest BCUT2D eigenvalue weighted by Gasteiger charge is 2.31. The second-order valence-electron chi connectivity index (χ2n) is 9.06. The van der Waals surface area contributed by atoms with Gasteiger partial charge in [0.15, 0.2) is 5.82 Å². The number of nitrogens with zero attached hydrogens (tertiary/aromatic N) is 8. The maximum Gasteiger partial charge on any atom is 0.296 e.